The fourth-order valence-corrected chi connectivity index (χ4v) is 4.42. The predicted octanol–water partition coefficient (Wildman–Crippen LogP) is 4.01. The number of hydrogen-bond donors (Lipinski definition) is 3. The summed E-state index contributed by atoms with van der Waals surface area (Å²) in [7, 11) is -3.68. The quantitative estimate of drug-likeness (QED) is 0.422. The van der Waals surface area contributed by atoms with Crippen LogP contribution in [0.3, 0.4) is 0 Å². The van der Waals surface area contributed by atoms with Crippen molar-refractivity contribution in [3.8, 4) is 0 Å². The molecule has 0 fully saturated rings. The lowest BCUT2D eigenvalue weighted by Crippen LogP contribution is -2.25. The maximum Gasteiger partial charge on any atom is 0.261 e. The van der Waals surface area contributed by atoms with Crippen molar-refractivity contribution in [2.24, 2.45) is 0 Å². The van der Waals surface area contributed by atoms with Crippen molar-refractivity contribution >= 4 is 44.5 Å². The van der Waals surface area contributed by atoms with Crippen LogP contribution in [0.1, 0.15) is 28.8 Å². The highest BCUT2D eigenvalue weighted by molar-refractivity contribution is 7.92. The highest BCUT2D eigenvalue weighted by atomic mass is 32.2. The number of benzene rings is 2. The highest BCUT2D eigenvalue weighted by Crippen LogP contribution is 2.19. The topological polar surface area (TPSA) is 104 Å². The normalized spacial score (nSPS) is 11.0. The third-order valence-corrected chi connectivity index (χ3v) is 6.48. The zero-order chi connectivity index (χ0) is 22.3. The van der Waals surface area contributed by atoms with Crippen LogP contribution in [0, 0.1) is 6.92 Å². The molecule has 9 heteroatoms. The zero-order valence-corrected chi connectivity index (χ0v) is 18.6. The Labute approximate surface area is 185 Å². The van der Waals surface area contributed by atoms with E-state index in [1.807, 2.05) is 12.3 Å². The molecular weight excluding hydrogens is 434 g/mol. The van der Waals surface area contributed by atoms with Crippen molar-refractivity contribution in [3.05, 3.63) is 76.5 Å². The molecule has 3 rings (SSSR count). The standard InChI is InChI=1S/C22H23N3O4S2/c1-16-4-10-20(11-5-16)31(28,29)25-19-8-6-18(7-9-19)24-21(26)3-2-13-23-22(27)17-12-14-30-15-17/h4-12,14-15,25H,2-3,13H2,1H3,(H,23,27)(H,24,26). The number of anilines is 2. The largest absolute Gasteiger partial charge is 0.352 e. The van der Waals surface area contributed by atoms with Crippen LogP contribution in [-0.2, 0) is 14.8 Å². The minimum atomic E-state index is -3.68. The van der Waals surface area contributed by atoms with E-state index in [4.69, 9.17) is 0 Å². The molecule has 0 spiro atoms. The van der Waals surface area contributed by atoms with Gasteiger partial charge in [0.15, 0.2) is 0 Å². The van der Waals surface area contributed by atoms with Gasteiger partial charge in [0, 0.05) is 35.3 Å². The molecule has 7 nitrogen and oxygen atoms in total. The first-order valence-electron chi connectivity index (χ1n) is 9.63. The Hall–Kier alpha value is -3.17. The number of sulfonamides is 1. The second kappa shape index (κ2) is 10.2. The van der Waals surface area contributed by atoms with Gasteiger partial charge in [0.25, 0.3) is 15.9 Å². The monoisotopic (exact) mass is 457 g/mol. The third kappa shape index (κ3) is 6.66. The van der Waals surface area contributed by atoms with Gasteiger partial charge in [-0.15, -0.1) is 0 Å². The van der Waals surface area contributed by atoms with Gasteiger partial charge in [0.2, 0.25) is 5.91 Å². The van der Waals surface area contributed by atoms with Gasteiger partial charge in [0.1, 0.15) is 0 Å². The predicted molar refractivity (Wildman–Crippen MR) is 123 cm³/mol. The smallest absolute Gasteiger partial charge is 0.261 e. The lowest BCUT2D eigenvalue weighted by atomic mass is 10.2. The lowest BCUT2D eigenvalue weighted by Gasteiger charge is -2.10. The van der Waals surface area contributed by atoms with E-state index >= 15 is 0 Å². The summed E-state index contributed by atoms with van der Waals surface area (Å²) in [6, 6.07) is 14.8. The van der Waals surface area contributed by atoms with E-state index in [1.54, 1.807) is 60.0 Å². The van der Waals surface area contributed by atoms with E-state index in [1.165, 1.54) is 11.3 Å². The van der Waals surface area contributed by atoms with E-state index in [0.29, 0.717) is 29.9 Å². The van der Waals surface area contributed by atoms with Crippen molar-refractivity contribution in [2.45, 2.75) is 24.7 Å². The maximum atomic E-state index is 12.4. The van der Waals surface area contributed by atoms with Crippen molar-refractivity contribution in [3.63, 3.8) is 0 Å². The average Bonchev–Trinajstić information content (AvgIpc) is 3.28. The fourth-order valence-electron chi connectivity index (χ4n) is 2.72. The van der Waals surface area contributed by atoms with E-state index in [0.717, 1.165) is 5.56 Å². The summed E-state index contributed by atoms with van der Waals surface area (Å²) in [5.41, 5.74) is 2.55. The Kier molecular flexibility index (Phi) is 7.43. The number of hydrogen-bond acceptors (Lipinski definition) is 5. The van der Waals surface area contributed by atoms with Gasteiger partial charge in [-0.25, -0.2) is 8.42 Å². The summed E-state index contributed by atoms with van der Waals surface area (Å²) in [6.07, 6.45) is 0.766. The zero-order valence-electron chi connectivity index (χ0n) is 16.9. The molecule has 2 amide bonds. The van der Waals surface area contributed by atoms with Gasteiger partial charge in [0.05, 0.1) is 4.90 Å². The number of amides is 2. The van der Waals surface area contributed by atoms with Crippen LogP contribution in [0.2, 0.25) is 0 Å². The van der Waals surface area contributed by atoms with Gasteiger partial charge in [-0.05, 0) is 61.2 Å². The average molecular weight is 458 g/mol. The lowest BCUT2D eigenvalue weighted by molar-refractivity contribution is -0.116. The number of thiophene rings is 1. The van der Waals surface area contributed by atoms with Crippen LogP contribution >= 0.6 is 11.3 Å². The molecular formula is C22H23N3O4S2. The number of rotatable bonds is 9. The number of carbonyl (C=O) groups excluding carboxylic acids is 2. The van der Waals surface area contributed by atoms with Gasteiger partial charge < -0.3 is 10.6 Å². The molecule has 0 atom stereocenters. The van der Waals surface area contributed by atoms with Crippen LogP contribution in [0.4, 0.5) is 11.4 Å². The molecule has 0 aliphatic rings. The molecule has 0 saturated carbocycles. The van der Waals surface area contributed by atoms with E-state index in [-0.39, 0.29) is 23.1 Å². The van der Waals surface area contributed by atoms with Gasteiger partial charge in [-0.3, -0.25) is 14.3 Å². The Bertz CT molecular complexity index is 1120. The molecule has 0 radical (unpaired) electrons. The Morgan fingerprint density at radius 3 is 2.26 bits per heavy atom. The number of nitrogens with one attached hydrogen (secondary N) is 3. The summed E-state index contributed by atoms with van der Waals surface area (Å²) in [4.78, 5) is 24.1. The summed E-state index contributed by atoms with van der Waals surface area (Å²) in [6.45, 7) is 2.29. The number of aryl methyl sites for hydroxylation is 1. The van der Waals surface area contributed by atoms with Crippen molar-refractivity contribution in [1.82, 2.24) is 5.32 Å². The van der Waals surface area contributed by atoms with Crippen LogP contribution < -0.4 is 15.4 Å². The molecule has 3 aromatic rings. The SMILES string of the molecule is Cc1ccc(S(=O)(=O)Nc2ccc(NC(=O)CCCNC(=O)c3ccsc3)cc2)cc1. The molecule has 3 N–H and O–H groups in total. The second-order valence-corrected chi connectivity index (χ2v) is 9.38. The van der Waals surface area contributed by atoms with E-state index < -0.39 is 10.0 Å². The summed E-state index contributed by atoms with van der Waals surface area (Å²) in [5, 5.41) is 9.14. The van der Waals surface area contributed by atoms with Crippen molar-refractivity contribution < 1.29 is 18.0 Å². The maximum absolute atomic E-state index is 12.4. The summed E-state index contributed by atoms with van der Waals surface area (Å²) in [5.74, 6) is -0.330. The van der Waals surface area contributed by atoms with Crippen LogP contribution in [0.25, 0.3) is 0 Å². The molecule has 1 aromatic heterocycles. The Morgan fingerprint density at radius 2 is 1.61 bits per heavy atom. The second-order valence-electron chi connectivity index (χ2n) is 6.92. The molecule has 0 bridgehead atoms. The molecule has 0 aliphatic carbocycles. The first-order valence-corrected chi connectivity index (χ1v) is 12.1. The van der Waals surface area contributed by atoms with E-state index in [9.17, 15) is 18.0 Å². The fraction of sp³-hybridized carbons (Fsp3) is 0.182. The Balaban J connectivity index is 1.44. The number of carbonyl (C=O) groups is 2. The molecule has 1 heterocycles. The molecule has 0 aliphatic heterocycles. The minimum absolute atomic E-state index is 0.148. The minimum Gasteiger partial charge on any atom is -0.352 e. The molecule has 0 unspecified atom stereocenters. The first-order chi connectivity index (χ1) is 14.8. The summed E-state index contributed by atoms with van der Waals surface area (Å²) >= 11 is 1.45. The van der Waals surface area contributed by atoms with Gasteiger partial charge in [-0.1, -0.05) is 17.7 Å². The van der Waals surface area contributed by atoms with Crippen LogP contribution in [0.5, 0.6) is 0 Å². The van der Waals surface area contributed by atoms with Crippen LogP contribution in [-0.4, -0.2) is 26.8 Å². The highest BCUT2D eigenvalue weighted by Gasteiger charge is 2.14. The van der Waals surface area contributed by atoms with Crippen LogP contribution in [0.15, 0.2) is 70.3 Å². The van der Waals surface area contributed by atoms with Gasteiger partial charge in [-0.2, -0.15) is 11.3 Å². The van der Waals surface area contributed by atoms with Crippen molar-refractivity contribution in [1.29, 1.82) is 0 Å². The van der Waals surface area contributed by atoms with Gasteiger partial charge >= 0.3 is 0 Å². The Morgan fingerprint density at radius 1 is 0.935 bits per heavy atom. The van der Waals surface area contributed by atoms with E-state index in [2.05, 4.69) is 15.4 Å². The molecule has 2 aromatic carbocycles. The third-order valence-electron chi connectivity index (χ3n) is 4.40. The molecule has 162 valence electrons. The van der Waals surface area contributed by atoms with Crippen molar-refractivity contribution in [2.75, 3.05) is 16.6 Å². The summed E-state index contributed by atoms with van der Waals surface area (Å²) < 4.78 is 27.4. The molecule has 31 heavy (non-hydrogen) atoms. The molecule has 0 saturated heterocycles. The first kappa shape index (κ1) is 22.5.